The molecule has 0 aliphatic heterocycles. The van der Waals surface area contributed by atoms with Gasteiger partial charge in [-0.1, -0.05) is 6.07 Å². The lowest BCUT2D eigenvalue weighted by Crippen LogP contribution is -1.76. The number of phenolic OH excluding ortho intramolecular Hbond substituents is 2. The van der Waals surface area contributed by atoms with Crippen molar-refractivity contribution in [3.8, 4) is 11.5 Å². The van der Waals surface area contributed by atoms with Crippen molar-refractivity contribution in [2.45, 2.75) is 0 Å². The summed E-state index contributed by atoms with van der Waals surface area (Å²) >= 11 is 0. The number of hydrogen-bond acceptors (Lipinski definition) is 4. The summed E-state index contributed by atoms with van der Waals surface area (Å²) in [5, 5.41) is 20.7. The second kappa shape index (κ2) is 3.47. The number of benzene rings is 2. The first kappa shape index (κ1) is 10.1. The molecule has 2 N–H and O–H groups in total. The maximum atomic E-state index is 11.8. The van der Waals surface area contributed by atoms with Gasteiger partial charge in [-0.3, -0.25) is 0 Å². The molecule has 5 heteroatoms. The Morgan fingerprint density at radius 2 is 1.94 bits per heavy atom. The summed E-state index contributed by atoms with van der Waals surface area (Å²) in [6.45, 7) is 0. The number of aromatic hydroxyl groups is 2. The van der Waals surface area contributed by atoms with Crippen LogP contribution >= 0.6 is 7.65 Å². The lowest BCUT2D eigenvalue weighted by atomic mass is 10.1. The maximum Gasteiger partial charge on any atom is 0.598 e. The Kier molecular flexibility index (Phi) is 2.06. The molecule has 0 amide bonds. The third kappa shape index (κ3) is 1.46. The summed E-state index contributed by atoms with van der Waals surface area (Å²) in [6.07, 6.45) is 0. The zero-order valence-corrected chi connectivity index (χ0v) is 9.52. The molecule has 0 radical (unpaired) electrons. The minimum Gasteiger partial charge on any atom is -0.508 e. The van der Waals surface area contributed by atoms with E-state index in [1.54, 1.807) is 18.2 Å². The van der Waals surface area contributed by atoms with E-state index in [1.165, 1.54) is 18.2 Å². The van der Waals surface area contributed by atoms with Gasteiger partial charge in [0.25, 0.3) is 0 Å². The molecule has 0 aliphatic rings. The first-order chi connectivity index (χ1) is 8.16. The second-order valence-electron chi connectivity index (χ2n) is 3.70. The molecule has 0 aliphatic carbocycles. The van der Waals surface area contributed by atoms with Crippen LogP contribution in [0.4, 0.5) is 0 Å². The minimum atomic E-state index is -2.04. The number of hydrogen-bond donors (Lipinski definition) is 2. The summed E-state index contributed by atoms with van der Waals surface area (Å²) in [6, 6.07) is 9.32. The first-order valence-electron chi connectivity index (χ1n) is 4.97. The molecule has 1 atom stereocenters. The monoisotopic (exact) mass is 247 g/mol. The third-order valence-corrected chi connectivity index (χ3v) is 3.76. The lowest BCUT2D eigenvalue weighted by molar-refractivity contribution is 0.475. The lowest BCUT2D eigenvalue weighted by Gasteiger charge is -1.99. The van der Waals surface area contributed by atoms with Gasteiger partial charge in [-0.15, -0.1) is 0 Å². The molecule has 1 aromatic heterocycles. The van der Waals surface area contributed by atoms with Crippen molar-refractivity contribution in [3.05, 3.63) is 36.4 Å². The van der Waals surface area contributed by atoms with Gasteiger partial charge in [-0.2, -0.15) is 0 Å². The largest absolute Gasteiger partial charge is 0.598 e. The zero-order chi connectivity index (χ0) is 12.0. The summed E-state index contributed by atoms with van der Waals surface area (Å²) in [5.74, 6) is 0.0899. The van der Waals surface area contributed by atoms with Gasteiger partial charge in [-0.05, 0) is 28.8 Å². The van der Waals surface area contributed by atoms with E-state index in [2.05, 4.69) is 0 Å². The number of phenols is 2. The van der Waals surface area contributed by atoms with E-state index in [0.29, 0.717) is 21.5 Å². The Morgan fingerprint density at radius 1 is 1.12 bits per heavy atom. The molecule has 0 saturated heterocycles. The topological polar surface area (TPSA) is 70.7 Å². The van der Waals surface area contributed by atoms with E-state index in [9.17, 15) is 14.8 Å². The molecule has 2 aromatic carbocycles. The van der Waals surface area contributed by atoms with Gasteiger partial charge in [0.15, 0.2) is 5.58 Å². The fourth-order valence-electron chi connectivity index (χ4n) is 1.89. The van der Waals surface area contributed by atoms with Gasteiger partial charge >= 0.3 is 7.65 Å². The van der Waals surface area contributed by atoms with Crippen molar-refractivity contribution in [2.75, 3.05) is 0 Å². The fraction of sp³-hybridized carbons (Fsp3) is 0. The van der Waals surface area contributed by atoms with E-state index in [1.807, 2.05) is 0 Å². The predicted octanol–water partition coefficient (Wildman–Crippen LogP) is 3.74. The first-order valence-corrected chi connectivity index (χ1v) is 6.15. The molecule has 0 bridgehead atoms. The molecule has 4 nitrogen and oxygen atoms in total. The van der Waals surface area contributed by atoms with Gasteiger partial charge in [-0.25, -0.2) is 4.20 Å². The van der Waals surface area contributed by atoms with Gasteiger partial charge in [0.2, 0.25) is 5.12 Å². The van der Waals surface area contributed by atoms with E-state index in [4.69, 9.17) is 4.20 Å². The van der Waals surface area contributed by atoms with Crippen molar-refractivity contribution >= 4 is 29.1 Å². The van der Waals surface area contributed by atoms with Crippen LogP contribution in [0.2, 0.25) is 0 Å². The Hall–Kier alpha value is -2.06. The van der Waals surface area contributed by atoms with Crippen molar-refractivity contribution in [1.82, 2.24) is 0 Å². The number of fused-ring (bicyclic) bond motifs is 3. The van der Waals surface area contributed by atoms with Crippen LogP contribution in [0.5, 0.6) is 11.5 Å². The van der Waals surface area contributed by atoms with E-state index < -0.39 is 7.65 Å². The quantitative estimate of drug-likeness (QED) is 0.593. The Balaban J connectivity index is 2.68. The molecule has 3 rings (SSSR count). The Bertz CT molecular complexity index is 791. The van der Waals surface area contributed by atoms with Crippen LogP contribution < -0.4 is 0 Å². The van der Waals surface area contributed by atoms with Crippen molar-refractivity contribution in [3.63, 3.8) is 0 Å². The molecule has 1 heterocycles. The van der Waals surface area contributed by atoms with E-state index in [-0.39, 0.29) is 11.5 Å². The summed E-state index contributed by atoms with van der Waals surface area (Å²) in [5.41, 5.74) is 0.393. The van der Waals surface area contributed by atoms with Crippen LogP contribution in [0.1, 0.15) is 0 Å². The minimum absolute atomic E-state index is 0.0228. The molecule has 3 aromatic rings. The molecule has 1 unspecified atom stereocenters. The molecule has 17 heavy (non-hydrogen) atoms. The SMILES string of the molecule is O=[p+]1oc2cccc(O)c2c2ccc(O)cc21. The zero-order valence-electron chi connectivity index (χ0n) is 8.62. The molecule has 0 saturated carbocycles. The molecule has 0 spiro atoms. The summed E-state index contributed by atoms with van der Waals surface area (Å²) in [4.78, 5) is 0. The Labute approximate surface area is 96.6 Å². The van der Waals surface area contributed by atoms with Crippen LogP contribution in [-0.2, 0) is 4.57 Å². The predicted molar refractivity (Wildman–Crippen MR) is 64.7 cm³/mol. The fourth-order valence-corrected chi connectivity index (χ4v) is 2.94. The highest BCUT2D eigenvalue weighted by molar-refractivity contribution is 7.37. The third-order valence-electron chi connectivity index (χ3n) is 2.63. The highest BCUT2D eigenvalue weighted by Gasteiger charge is 2.18. The van der Waals surface area contributed by atoms with Crippen LogP contribution in [0.15, 0.2) is 40.6 Å². The Morgan fingerprint density at radius 3 is 2.76 bits per heavy atom. The van der Waals surface area contributed by atoms with Gasteiger partial charge in [0.1, 0.15) is 11.5 Å². The molecule has 0 fully saturated rings. The van der Waals surface area contributed by atoms with Crippen LogP contribution in [0, 0.1) is 0 Å². The standard InChI is InChI=1S/C12H7O4P/c13-7-4-5-8-11(6-7)17(15)16-10-3-1-2-9(14)12(8)10/h1-6H,(H-,13,14,15)/p+1. The van der Waals surface area contributed by atoms with Crippen molar-refractivity contribution < 1.29 is 19.0 Å². The average Bonchev–Trinajstić information content (AvgIpc) is 2.30. The highest BCUT2D eigenvalue weighted by atomic mass is 31.1. The second-order valence-corrected chi connectivity index (χ2v) is 4.88. The van der Waals surface area contributed by atoms with Gasteiger partial charge < -0.3 is 10.2 Å². The van der Waals surface area contributed by atoms with E-state index >= 15 is 0 Å². The normalized spacial score (nSPS) is 12.1. The summed E-state index contributed by atoms with van der Waals surface area (Å²) < 4.78 is 17.1. The highest BCUT2D eigenvalue weighted by Crippen LogP contribution is 2.40. The van der Waals surface area contributed by atoms with E-state index in [0.717, 1.165) is 0 Å². The van der Waals surface area contributed by atoms with Gasteiger partial charge in [0.05, 0.1) is 5.39 Å². The molecule has 84 valence electrons. The molecular formula is C12H8O4P+. The van der Waals surface area contributed by atoms with Gasteiger partial charge in [0, 0.05) is 11.5 Å². The average molecular weight is 247 g/mol. The van der Waals surface area contributed by atoms with Crippen LogP contribution in [0.25, 0.3) is 21.5 Å². The van der Waals surface area contributed by atoms with Crippen molar-refractivity contribution in [2.24, 2.45) is 0 Å². The summed E-state index contributed by atoms with van der Waals surface area (Å²) in [7, 11) is -2.04. The number of rotatable bonds is 0. The smallest absolute Gasteiger partial charge is 0.508 e. The van der Waals surface area contributed by atoms with Crippen LogP contribution in [-0.4, -0.2) is 10.2 Å². The van der Waals surface area contributed by atoms with Crippen molar-refractivity contribution in [1.29, 1.82) is 0 Å². The maximum absolute atomic E-state index is 11.8. The molecular weight excluding hydrogens is 239 g/mol. The van der Waals surface area contributed by atoms with Crippen LogP contribution in [0.3, 0.4) is 0 Å².